The fourth-order valence-corrected chi connectivity index (χ4v) is 1.15. The van der Waals surface area contributed by atoms with Crippen molar-refractivity contribution < 1.29 is 9.47 Å². The molecule has 0 unspecified atom stereocenters. The molecule has 1 N–H and O–H groups in total. The van der Waals surface area contributed by atoms with Crippen molar-refractivity contribution in [1.29, 1.82) is 0 Å². The maximum atomic E-state index is 5.36. The first-order chi connectivity index (χ1) is 6.41. The van der Waals surface area contributed by atoms with Crippen LogP contribution in [0.5, 0.6) is 0 Å². The average molecular weight is 254 g/mol. The summed E-state index contributed by atoms with van der Waals surface area (Å²) in [5.74, 6) is 0. The Morgan fingerprint density at radius 2 is 1.92 bits per heavy atom. The maximum absolute atomic E-state index is 5.36. The molecule has 0 fully saturated rings. The lowest BCUT2D eigenvalue weighted by Crippen LogP contribution is -2.21. The zero-order chi connectivity index (χ0) is 9.78. The number of hydrogen-bond donors (Lipinski definition) is 1. The van der Waals surface area contributed by atoms with E-state index < -0.39 is 0 Å². The number of nitrogens with one attached hydrogen (secondary N) is 1. The second-order valence-electron chi connectivity index (χ2n) is 2.75. The molecule has 0 atom stereocenters. The molecule has 0 aromatic carbocycles. The van der Waals surface area contributed by atoms with Crippen LogP contribution >= 0.6 is 15.9 Å². The van der Waals surface area contributed by atoms with Gasteiger partial charge in [0.05, 0.1) is 6.61 Å². The van der Waals surface area contributed by atoms with Gasteiger partial charge >= 0.3 is 0 Å². The van der Waals surface area contributed by atoms with Gasteiger partial charge in [-0.1, -0.05) is 15.9 Å². The molecule has 0 radical (unpaired) electrons. The van der Waals surface area contributed by atoms with Gasteiger partial charge in [0, 0.05) is 32.2 Å². The normalized spacial score (nSPS) is 10.6. The quantitative estimate of drug-likeness (QED) is 0.472. The molecule has 0 spiro atoms. The predicted molar refractivity (Wildman–Crippen MR) is 58.6 cm³/mol. The van der Waals surface area contributed by atoms with E-state index in [1.165, 1.54) is 6.42 Å². The molecule has 0 saturated heterocycles. The van der Waals surface area contributed by atoms with Crippen LogP contribution in [0.25, 0.3) is 0 Å². The van der Waals surface area contributed by atoms with Crippen LogP contribution in [0.1, 0.15) is 12.8 Å². The van der Waals surface area contributed by atoms with Crippen LogP contribution in [0.4, 0.5) is 0 Å². The molecule has 3 nitrogen and oxygen atoms in total. The Morgan fingerprint density at radius 3 is 2.62 bits per heavy atom. The highest BCUT2D eigenvalue weighted by atomic mass is 79.9. The van der Waals surface area contributed by atoms with Gasteiger partial charge < -0.3 is 14.8 Å². The maximum Gasteiger partial charge on any atom is 0.0590 e. The molecule has 0 bridgehead atoms. The zero-order valence-electron chi connectivity index (χ0n) is 8.35. The summed E-state index contributed by atoms with van der Waals surface area (Å²) in [6.45, 7) is 4.39. The summed E-state index contributed by atoms with van der Waals surface area (Å²) in [6.07, 6.45) is 2.15. The summed E-state index contributed by atoms with van der Waals surface area (Å²) in [6, 6.07) is 0. The summed E-state index contributed by atoms with van der Waals surface area (Å²) < 4.78 is 10.3. The first-order valence-corrected chi connectivity index (χ1v) is 5.87. The van der Waals surface area contributed by atoms with Crippen molar-refractivity contribution in [3.05, 3.63) is 0 Å². The lowest BCUT2D eigenvalue weighted by atomic mass is 10.5. The topological polar surface area (TPSA) is 30.5 Å². The molecule has 0 heterocycles. The van der Waals surface area contributed by atoms with Gasteiger partial charge in [-0.3, -0.25) is 0 Å². The highest BCUT2D eigenvalue weighted by molar-refractivity contribution is 9.09. The third-order valence-corrected chi connectivity index (χ3v) is 2.11. The number of hydrogen-bond acceptors (Lipinski definition) is 3. The zero-order valence-corrected chi connectivity index (χ0v) is 9.94. The minimum absolute atomic E-state index is 0.789. The Kier molecular flexibility index (Phi) is 12.7. The van der Waals surface area contributed by atoms with Crippen molar-refractivity contribution in [2.75, 3.05) is 45.4 Å². The SMILES string of the molecule is COCCCOCCNCCCBr. The molecule has 0 aromatic heterocycles. The monoisotopic (exact) mass is 253 g/mol. The van der Waals surface area contributed by atoms with E-state index in [4.69, 9.17) is 9.47 Å². The largest absolute Gasteiger partial charge is 0.385 e. The van der Waals surface area contributed by atoms with Gasteiger partial charge in [-0.25, -0.2) is 0 Å². The lowest BCUT2D eigenvalue weighted by molar-refractivity contribution is 0.104. The molecule has 80 valence electrons. The molecule has 13 heavy (non-hydrogen) atoms. The Labute approximate surface area is 89.3 Å². The fourth-order valence-electron chi connectivity index (χ4n) is 0.869. The van der Waals surface area contributed by atoms with Gasteiger partial charge in [0.15, 0.2) is 0 Å². The molecule has 0 rings (SSSR count). The molecular weight excluding hydrogens is 234 g/mol. The first-order valence-electron chi connectivity index (χ1n) is 4.75. The highest BCUT2D eigenvalue weighted by Gasteiger charge is 1.89. The van der Waals surface area contributed by atoms with Crippen LogP contribution in [0, 0.1) is 0 Å². The van der Waals surface area contributed by atoms with Crippen LogP contribution in [-0.4, -0.2) is 45.4 Å². The predicted octanol–water partition coefficient (Wildman–Crippen LogP) is 1.41. The molecule has 0 amide bonds. The number of rotatable bonds is 10. The highest BCUT2D eigenvalue weighted by Crippen LogP contribution is 1.85. The summed E-state index contributed by atoms with van der Waals surface area (Å²) >= 11 is 3.38. The van der Waals surface area contributed by atoms with E-state index in [-0.39, 0.29) is 0 Å². The van der Waals surface area contributed by atoms with Crippen LogP contribution < -0.4 is 5.32 Å². The summed E-state index contributed by atoms with van der Waals surface area (Å²) in [5, 5.41) is 4.36. The Hall–Kier alpha value is 0.360. The summed E-state index contributed by atoms with van der Waals surface area (Å²) in [7, 11) is 1.71. The van der Waals surface area contributed by atoms with E-state index in [9.17, 15) is 0 Å². The number of alkyl halides is 1. The molecule has 0 saturated carbocycles. The van der Waals surface area contributed by atoms with Gasteiger partial charge in [-0.2, -0.15) is 0 Å². The van der Waals surface area contributed by atoms with Crippen molar-refractivity contribution in [3.8, 4) is 0 Å². The number of methoxy groups -OCH3 is 1. The minimum atomic E-state index is 0.789. The number of ether oxygens (including phenoxy) is 2. The molecule has 0 aromatic rings. The van der Waals surface area contributed by atoms with Crippen LogP contribution in [-0.2, 0) is 9.47 Å². The first kappa shape index (κ1) is 13.4. The smallest absolute Gasteiger partial charge is 0.0590 e. The Balaban J connectivity index is 2.76. The average Bonchev–Trinajstić information content (AvgIpc) is 2.16. The van der Waals surface area contributed by atoms with Gasteiger partial charge in [-0.15, -0.1) is 0 Å². The van der Waals surface area contributed by atoms with E-state index in [0.29, 0.717) is 0 Å². The second-order valence-corrected chi connectivity index (χ2v) is 3.54. The minimum Gasteiger partial charge on any atom is -0.385 e. The van der Waals surface area contributed by atoms with E-state index in [2.05, 4.69) is 21.2 Å². The molecule has 0 aliphatic rings. The Morgan fingerprint density at radius 1 is 1.08 bits per heavy atom. The van der Waals surface area contributed by atoms with Crippen molar-refractivity contribution >= 4 is 15.9 Å². The Bertz CT molecular complexity index is 83.7. The van der Waals surface area contributed by atoms with Crippen molar-refractivity contribution in [3.63, 3.8) is 0 Å². The van der Waals surface area contributed by atoms with Crippen molar-refractivity contribution in [2.24, 2.45) is 0 Å². The van der Waals surface area contributed by atoms with Crippen LogP contribution in [0.3, 0.4) is 0 Å². The van der Waals surface area contributed by atoms with E-state index in [1.807, 2.05) is 0 Å². The third kappa shape index (κ3) is 12.4. The second kappa shape index (κ2) is 12.4. The van der Waals surface area contributed by atoms with Gasteiger partial charge in [0.2, 0.25) is 0 Å². The van der Waals surface area contributed by atoms with Crippen LogP contribution in [0.2, 0.25) is 0 Å². The van der Waals surface area contributed by atoms with Crippen molar-refractivity contribution in [2.45, 2.75) is 12.8 Å². The number of halogens is 1. The molecule has 0 aliphatic heterocycles. The van der Waals surface area contributed by atoms with Gasteiger partial charge in [0.25, 0.3) is 0 Å². The van der Waals surface area contributed by atoms with E-state index in [0.717, 1.165) is 44.7 Å². The van der Waals surface area contributed by atoms with E-state index >= 15 is 0 Å². The third-order valence-electron chi connectivity index (χ3n) is 1.55. The molecule has 0 aliphatic carbocycles. The molecular formula is C9H20BrNO2. The summed E-state index contributed by atoms with van der Waals surface area (Å²) in [5.41, 5.74) is 0. The molecule has 4 heteroatoms. The van der Waals surface area contributed by atoms with Gasteiger partial charge in [0.1, 0.15) is 0 Å². The van der Waals surface area contributed by atoms with E-state index in [1.54, 1.807) is 7.11 Å². The fraction of sp³-hybridized carbons (Fsp3) is 1.00. The van der Waals surface area contributed by atoms with Crippen molar-refractivity contribution in [1.82, 2.24) is 5.32 Å². The van der Waals surface area contributed by atoms with Gasteiger partial charge in [-0.05, 0) is 19.4 Å². The standard InChI is InChI=1S/C9H20BrNO2/c1-12-7-3-8-13-9-6-11-5-2-4-10/h11H,2-9H2,1H3. The summed E-state index contributed by atoms with van der Waals surface area (Å²) in [4.78, 5) is 0. The lowest BCUT2D eigenvalue weighted by Gasteiger charge is -2.04. The van der Waals surface area contributed by atoms with Crippen LogP contribution in [0.15, 0.2) is 0 Å².